The lowest BCUT2D eigenvalue weighted by atomic mass is 9.49. The average molecular weight is 467 g/mol. The molecule has 0 unspecified atom stereocenters. The van der Waals surface area contributed by atoms with E-state index in [1.807, 2.05) is 13.8 Å². The lowest BCUT2D eigenvalue weighted by Crippen LogP contribution is -2.58. The van der Waals surface area contributed by atoms with Crippen molar-refractivity contribution in [2.75, 3.05) is 44.2 Å². The minimum atomic E-state index is -0.449. The zero-order chi connectivity index (χ0) is 23.7. The lowest BCUT2D eigenvalue weighted by Gasteiger charge is -2.55. The lowest BCUT2D eigenvalue weighted by molar-refractivity contribution is -0.149. The minimum Gasteiger partial charge on any atom is -0.369 e. The molecule has 0 aromatic heterocycles. The van der Waals surface area contributed by atoms with Crippen LogP contribution in [0.3, 0.4) is 0 Å². The predicted octanol–water partition coefficient (Wildman–Crippen LogP) is 3.28. The van der Waals surface area contributed by atoms with Gasteiger partial charge in [0.25, 0.3) is 0 Å². The molecule has 6 nitrogen and oxygen atoms in total. The Morgan fingerprint density at radius 3 is 2.09 bits per heavy atom. The highest BCUT2D eigenvalue weighted by Crippen LogP contribution is 2.60. The van der Waals surface area contributed by atoms with E-state index in [1.165, 1.54) is 24.9 Å². The number of nitrogens with zero attached hydrogens (tertiary/aromatic N) is 2. The fraction of sp³-hybridized carbons (Fsp3) is 0.714. The van der Waals surface area contributed by atoms with Crippen molar-refractivity contribution in [3.8, 4) is 0 Å². The minimum absolute atomic E-state index is 0.0315. The van der Waals surface area contributed by atoms with Crippen molar-refractivity contribution in [3.63, 3.8) is 0 Å². The highest BCUT2D eigenvalue weighted by atomic mass is 16.2. The Balaban J connectivity index is 1.09. The van der Waals surface area contributed by atoms with Gasteiger partial charge >= 0.3 is 0 Å². The second kappa shape index (κ2) is 9.88. The van der Waals surface area contributed by atoms with Gasteiger partial charge in [0, 0.05) is 50.4 Å². The number of anilines is 1. The van der Waals surface area contributed by atoms with Crippen LogP contribution in [0.5, 0.6) is 0 Å². The van der Waals surface area contributed by atoms with Crippen molar-refractivity contribution in [2.24, 2.45) is 29.1 Å². The van der Waals surface area contributed by atoms with Gasteiger partial charge in [0.2, 0.25) is 11.8 Å². The molecule has 0 spiro atoms. The first-order valence-electron chi connectivity index (χ1n) is 13.5. The van der Waals surface area contributed by atoms with Gasteiger partial charge in [0.1, 0.15) is 6.04 Å². The van der Waals surface area contributed by atoms with Crippen LogP contribution in [0.1, 0.15) is 52.4 Å². The number of piperazine rings is 1. The van der Waals surface area contributed by atoms with Crippen molar-refractivity contribution in [3.05, 3.63) is 30.3 Å². The molecule has 5 fully saturated rings. The number of carbonyl (C=O) groups is 2. The van der Waals surface area contributed by atoms with Crippen molar-refractivity contribution in [1.29, 1.82) is 0 Å². The highest BCUT2D eigenvalue weighted by Gasteiger charge is 2.55. The molecular formula is C28H42N4O2. The first-order chi connectivity index (χ1) is 16.4. The molecule has 2 amide bonds. The molecule has 1 heterocycles. The number of carbonyl (C=O) groups excluding carboxylic acids is 2. The topological polar surface area (TPSA) is 64.7 Å². The van der Waals surface area contributed by atoms with Crippen LogP contribution in [0, 0.1) is 29.1 Å². The van der Waals surface area contributed by atoms with E-state index in [4.69, 9.17) is 0 Å². The number of benzene rings is 1. The third-order valence-electron chi connectivity index (χ3n) is 8.98. The molecule has 1 saturated heterocycles. The van der Waals surface area contributed by atoms with Gasteiger partial charge in [-0.3, -0.25) is 14.5 Å². The van der Waals surface area contributed by atoms with E-state index in [-0.39, 0.29) is 23.1 Å². The quantitative estimate of drug-likeness (QED) is 0.617. The van der Waals surface area contributed by atoms with Crippen molar-refractivity contribution in [2.45, 2.75) is 58.4 Å². The number of amides is 2. The van der Waals surface area contributed by atoms with E-state index < -0.39 is 6.04 Å². The fourth-order valence-electron chi connectivity index (χ4n) is 7.53. The molecule has 1 aliphatic heterocycles. The summed E-state index contributed by atoms with van der Waals surface area (Å²) in [5.41, 5.74) is 1.07. The summed E-state index contributed by atoms with van der Waals surface area (Å²) in [6.45, 7) is 9.56. The van der Waals surface area contributed by atoms with Gasteiger partial charge < -0.3 is 15.5 Å². The Bertz CT molecular complexity index is 827. The van der Waals surface area contributed by atoms with E-state index in [0.717, 1.165) is 69.7 Å². The van der Waals surface area contributed by atoms with Gasteiger partial charge in [0.15, 0.2) is 0 Å². The summed E-state index contributed by atoms with van der Waals surface area (Å²) in [6.07, 6.45) is 7.06. The molecule has 4 aliphatic carbocycles. The summed E-state index contributed by atoms with van der Waals surface area (Å²) in [4.78, 5) is 31.4. The van der Waals surface area contributed by atoms with Crippen LogP contribution in [-0.2, 0) is 9.59 Å². The maximum Gasteiger partial charge on any atom is 0.242 e. The van der Waals surface area contributed by atoms with Crippen LogP contribution in [0.2, 0.25) is 0 Å². The monoisotopic (exact) mass is 466 g/mol. The fourth-order valence-corrected chi connectivity index (χ4v) is 7.53. The van der Waals surface area contributed by atoms with Crippen molar-refractivity contribution < 1.29 is 9.59 Å². The van der Waals surface area contributed by atoms with Gasteiger partial charge in [-0.2, -0.15) is 0 Å². The zero-order valence-corrected chi connectivity index (χ0v) is 21.0. The van der Waals surface area contributed by atoms with Crippen LogP contribution in [0.15, 0.2) is 30.3 Å². The summed E-state index contributed by atoms with van der Waals surface area (Å²) in [7, 11) is 0. The van der Waals surface area contributed by atoms with Crippen LogP contribution in [-0.4, -0.2) is 62.0 Å². The average Bonchev–Trinajstić information content (AvgIpc) is 2.82. The number of nitrogens with one attached hydrogen (secondary N) is 2. The number of para-hydroxylation sites is 1. The normalized spacial score (nSPS) is 31.5. The summed E-state index contributed by atoms with van der Waals surface area (Å²) in [5.74, 6) is 2.38. The highest BCUT2D eigenvalue weighted by molar-refractivity contribution is 5.90. The van der Waals surface area contributed by atoms with Crippen LogP contribution in [0.25, 0.3) is 0 Å². The Morgan fingerprint density at radius 1 is 0.941 bits per heavy atom. The molecular weight excluding hydrogens is 424 g/mol. The molecule has 6 rings (SSSR count). The molecule has 1 atom stereocenters. The van der Waals surface area contributed by atoms with Gasteiger partial charge in [-0.1, -0.05) is 32.0 Å². The maximum atomic E-state index is 13.5. The predicted molar refractivity (Wildman–Crippen MR) is 135 cm³/mol. The Labute approximate surface area is 204 Å². The molecule has 1 aromatic rings. The van der Waals surface area contributed by atoms with Gasteiger partial charge in [-0.25, -0.2) is 0 Å². The summed E-state index contributed by atoms with van der Waals surface area (Å²) < 4.78 is 0. The molecule has 5 aliphatic rings. The molecule has 0 radical (unpaired) electrons. The summed E-state index contributed by atoms with van der Waals surface area (Å²) >= 11 is 0. The smallest absolute Gasteiger partial charge is 0.242 e. The first-order valence-corrected chi connectivity index (χ1v) is 13.5. The summed E-state index contributed by atoms with van der Waals surface area (Å²) in [6, 6.07) is 10.1. The summed E-state index contributed by atoms with van der Waals surface area (Å²) in [5, 5.41) is 6.34. The van der Waals surface area contributed by atoms with Crippen LogP contribution >= 0.6 is 0 Å². The third-order valence-corrected chi connectivity index (χ3v) is 8.98. The Kier molecular flexibility index (Phi) is 6.88. The standard InChI is InChI=1S/C28H42N4O2/c1-20(2)25(30-27(34)28-17-21-14-22(18-28)16-23(15-21)19-28)26(33)29-8-9-31-10-12-32(13-11-31)24-6-4-3-5-7-24/h3-7,20-23,25H,8-19H2,1-2H3,(H,29,33)(H,30,34)/t21?,22?,23?,25-,28?/m1/s1. The maximum absolute atomic E-state index is 13.5. The Morgan fingerprint density at radius 2 is 1.53 bits per heavy atom. The number of rotatable bonds is 8. The SMILES string of the molecule is CC(C)[C@@H](NC(=O)C12CC3CC(CC(C3)C1)C2)C(=O)NCCN1CCN(c2ccccc2)CC1. The molecule has 4 saturated carbocycles. The van der Waals surface area contributed by atoms with E-state index in [2.05, 4.69) is 50.8 Å². The largest absolute Gasteiger partial charge is 0.369 e. The number of hydrogen-bond acceptors (Lipinski definition) is 4. The number of hydrogen-bond donors (Lipinski definition) is 2. The van der Waals surface area contributed by atoms with Crippen LogP contribution in [0.4, 0.5) is 5.69 Å². The molecule has 2 N–H and O–H groups in total. The second-order valence-corrected chi connectivity index (χ2v) is 11.8. The molecule has 186 valence electrons. The van der Waals surface area contributed by atoms with Gasteiger partial charge in [0.05, 0.1) is 0 Å². The van der Waals surface area contributed by atoms with Crippen LogP contribution < -0.4 is 15.5 Å². The second-order valence-electron chi connectivity index (χ2n) is 11.8. The molecule has 6 heteroatoms. The van der Waals surface area contributed by atoms with E-state index >= 15 is 0 Å². The first kappa shape index (κ1) is 23.7. The van der Waals surface area contributed by atoms with E-state index in [1.54, 1.807) is 0 Å². The van der Waals surface area contributed by atoms with Crippen molar-refractivity contribution in [1.82, 2.24) is 15.5 Å². The third kappa shape index (κ3) is 4.98. The van der Waals surface area contributed by atoms with E-state index in [9.17, 15) is 9.59 Å². The molecule has 1 aromatic carbocycles. The zero-order valence-electron chi connectivity index (χ0n) is 21.0. The van der Waals surface area contributed by atoms with Gasteiger partial charge in [-0.05, 0) is 74.3 Å². The van der Waals surface area contributed by atoms with Gasteiger partial charge in [-0.15, -0.1) is 0 Å². The Hall–Kier alpha value is -2.08. The molecule has 34 heavy (non-hydrogen) atoms. The van der Waals surface area contributed by atoms with E-state index in [0.29, 0.717) is 6.54 Å². The van der Waals surface area contributed by atoms with Crippen molar-refractivity contribution >= 4 is 17.5 Å². The molecule has 4 bridgehead atoms.